The molecule has 0 spiro atoms. The van der Waals surface area contributed by atoms with Crippen molar-refractivity contribution in [3.05, 3.63) is 24.0 Å². The molecule has 0 aliphatic carbocycles. The summed E-state index contributed by atoms with van der Waals surface area (Å²) >= 11 is 0. The normalized spacial score (nSPS) is 24.9. The molecule has 1 fully saturated rings. The highest BCUT2D eigenvalue weighted by Gasteiger charge is 2.30. The first kappa shape index (κ1) is 17.2. The van der Waals surface area contributed by atoms with Crippen molar-refractivity contribution in [2.24, 2.45) is 0 Å². The molecule has 1 saturated heterocycles. The van der Waals surface area contributed by atoms with E-state index in [2.05, 4.69) is 0 Å². The van der Waals surface area contributed by atoms with Gasteiger partial charge in [-0.2, -0.15) is 0 Å². The van der Waals surface area contributed by atoms with Gasteiger partial charge in [0.1, 0.15) is 19.1 Å². The Morgan fingerprint density at radius 1 is 1.48 bits per heavy atom. The Hall–Kier alpha value is -2.19. The minimum Gasteiger partial charge on any atom is -0.479 e. The van der Waals surface area contributed by atoms with Crippen LogP contribution in [-0.4, -0.2) is 58.4 Å². The third kappa shape index (κ3) is 4.90. The van der Waals surface area contributed by atoms with Crippen LogP contribution in [0.15, 0.2) is 24.0 Å². The van der Waals surface area contributed by atoms with Gasteiger partial charge in [-0.1, -0.05) is 6.08 Å². The minimum absolute atomic E-state index is 0.00345. The number of aliphatic hydroxyl groups excluding tert-OH is 1. The Morgan fingerprint density at radius 3 is 2.96 bits per heavy atom. The Kier molecular flexibility index (Phi) is 5.89. The standard InChI is InChI=1S/C15H19NO7/c17-8-10-2-1-5-16(7-10)13-4-3-11(23-13)9-22-14(19)6-12(18)15(20)21/h1,5,7-8,11-13,18H,2-4,6,9H2,(H,20,21). The summed E-state index contributed by atoms with van der Waals surface area (Å²) in [6.07, 6.45) is 5.36. The number of carboxylic acid groups (broad SMARTS) is 1. The number of esters is 1. The van der Waals surface area contributed by atoms with Crippen molar-refractivity contribution in [1.29, 1.82) is 0 Å². The smallest absolute Gasteiger partial charge is 0.333 e. The monoisotopic (exact) mass is 325 g/mol. The van der Waals surface area contributed by atoms with Gasteiger partial charge in [-0.25, -0.2) is 4.79 Å². The van der Waals surface area contributed by atoms with E-state index in [9.17, 15) is 14.4 Å². The highest BCUT2D eigenvalue weighted by Crippen LogP contribution is 2.26. The molecule has 126 valence electrons. The predicted octanol–water partition coefficient (Wildman–Crippen LogP) is 0.172. The Labute approximate surface area is 133 Å². The van der Waals surface area contributed by atoms with Gasteiger partial charge < -0.3 is 24.6 Å². The fourth-order valence-corrected chi connectivity index (χ4v) is 2.37. The second kappa shape index (κ2) is 7.89. The number of hydrogen-bond donors (Lipinski definition) is 2. The molecular formula is C15H19NO7. The van der Waals surface area contributed by atoms with Crippen LogP contribution in [0.4, 0.5) is 0 Å². The number of ether oxygens (including phenoxy) is 2. The van der Waals surface area contributed by atoms with E-state index in [0.29, 0.717) is 24.8 Å². The number of aliphatic carboxylic acids is 1. The summed E-state index contributed by atoms with van der Waals surface area (Å²) in [6.45, 7) is 0.00345. The lowest BCUT2D eigenvalue weighted by Crippen LogP contribution is -2.30. The van der Waals surface area contributed by atoms with E-state index < -0.39 is 24.5 Å². The average Bonchev–Trinajstić information content (AvgIpc) is 3.02. The second-order valence-electron chi connectivity index (χ2n) is 5.39. The molecule has 3 atom stereocenters. The maximum absolute atomic E-state index is 11.4. The van der Waals surface area contributed by atoms with Gasteiger partial charge in [0.2, 0.25) is 0 Å². The third-order valence-corrected chi connectivity index (χ3v) is 3.59. The van der Waals surface area contributed by atoms with Crippen molar-refractivity contribution < 1.29 is 34.1 Å². The lowest BCUT2D eigenvalue weighted by molar-refractivity contribution is -0.158. The van der Waals surface area contributed by atoms with Gasteiger partial charge in [0.15, 0.2) is 6.10 Å². The van der Waals surface area contributed by atoms with Crippen molar-refractivity contribution in [3.63, 3.8) is 0 Å². The zero-order chi connectivity index (χ0) is 16.8. The summed E-state index contributed by atoms with van der Waals surface area (Å²) in [4.78, 5) is 34.5. The molecule has 2 aliphatic rings. The van der Waals surface area contributed by atoms with E-state index in [4.69, 9.17) is 19.7 Å². The van der Waals surface area contributed by atoms with Crippen molar-refractivity contribution >= 4 is 18.2 Å². The van der Waals surface area contributed by atoms with E-state index in [0.717, 1.165) is 6.29 Å². The molecule has 0 bridgehead atoms. The van der Waals surface area contributed by atoms with Crippen LogP contribution < -0.4 is 0 Å². The van der Waals surface area contributed by atoms with E-state index in [1.807, 2.05) is 17.2 Å². The number of carboxylic acids is 1. The summed E-state index contributed by atoms with van der Waals surface area (Å²) in [5.74, 6) is -2.25. The molecule has 0 aromatic heterocycles. The van der Waals surface area contributed by atoms with Gasteiger partial charge in [-0.3, -0.25) is 9.59 Å². The number of aldehydes is 1. The summed E-state index contributed by atoms with van der Waals surface area (Å²) in [5, 5.41) is 17.6. The number of allylic oxidation sites excluding steroid dienone is 2. The molecular weight excluding hydrogens is 306 g/mol. The second-order valence-corrected chi connectivity index (χ2v) is 5.39. The van der Waals surface area contributed by atoms with Crippen molar-refractivity contribution in [2.75, 3.05) is 6.61 Å². The molecule has 2 rings (SSSR count). The van der Waals surface area contributed by atoms with E-state index in [-0.39, 0.29) is 18.9 Å². The number of nitrogens with zero attached hydrogens (tertiary/aromatic N) is 1. The van der Waals surface area contributed by atoms with Gasteiger partial charge in [-0.15, -0.1) is 0 Å². The topological polar surface area (TPSA) is 113 Å². The number of carbonyl (C=O) groups is 3. The molecule has 0 radical (unpaired) electrons. The fraction of sp³-hybridized carbons (Fsp3) is 0.533. The third-order valence-electron chi connectivity index (χ3n) is 3.59. The molecule has 8 nitrogen and oxygen atoms in total. The summed E-state index contributed by atoms with van der Waals surface area (Å²) < 4.78 is 10.7. The molecule has 2 N–H and O–H groups in total. The Balaban J connectivity index is 1.75. The van der Waals surface area contributed by atoms with Crippen LogP contribution in [0.2, 0.25) is 0 Å². The maximum Gasteiger partial charge on any atom is 0.333 e. The summed E-state index contributed by atoms with van der Waals surface area (Å²) in [7, 11) is 0. The van der Waals surface area contributed by atoms with Crippen LogP contribution in [0.1, 0.15) is 25.7 Å². The first-order valence-electron chi connectivity index (χ1n) is 7.31. The molecule has 3 unspecified atom stereocenters. The Morgan fingerprint density at radius 2 is 2.26 bits per heavy atom. The first-order valence-corrected chi connectivity index (χ1v) is 7.31. The minimum atomic E-state index is -1.76. The van der Waals surface area contributed by atoms with E-state index in [1.54, 1.807) is 6.20 Å². The number of hydrogen-bond acceptors (Lipinski definition) is 7. The first-order chi connectivity index (χ1) is 11.0. The molecule has 23 heavy (non-hydrogen) atoms. The van der Waals surface area contributed by atoms with Gasteiger partial charge in [0.05, 0.1) is 12.5 Å². The van der Waals surface area contributed by atoms with Crippen molar-refractivity contribution in [2.45, 2.75) is 44.1 Å². The molecule has 2 heterocycles. The number of carbonyl (C=O) groups excluding carboxylic acids is 2. The van der Waals surface area contributed by atoms with Crippen molar-refractivity contribution in [1.82, 2.24) is 4.90 Å². The molecule has 0 amide bonds. The average molecular weight is 325 g/mol. The molecule has 0 saturated carbocycles. The SMILES string of the molecule is O=CC1=CN(C2CCC(COC(=O)CC(O)C(=O)O)O2)C=CC1. The van der Waals surface area contributed by atoms with E-state index >= 15 is 0 Å². The predicted molar refractivity (Wildman–Crippen MR) is 76.9 cm³/mol. The lowest BCUT2D eigenvalue weighted by atomic mass is 10.1. The van der Waals surface area contributed by atoms with Crippen LogP contribution in [0.3, 0.4) is 0 Å². The van der Waals surface area contributed by atoms with Gasteiger partial charge >= 0.3 is 11.9 Å². The zero-order valence-corrected chi connectivity index (χ0v) is 12.5. The van der Waals surface area contributed by atoms with Gasteiger partial charge in [-0.05, 0) is 19.3 Å². The fourth-order valence-electron chi connectivity index (χ4n) is 2.37. The highest BCUT2D eigenvalue weighted by molar-refractivity contribution is 5.80. The van der Waals surface area contributed by atoms with Crippen LogP contribution >= 0.6 is 0 Å². The zero-order valence-electron chi connectivity index (χ0n) is 12.5. The summed E-state index contributed by atoms with van der Waals surface area (Å²) in [6, 6.07) is 0. The molecule has 8 heteroatoms. The lowest BCUT2D eigenvalue weighted by Gasteiger charge is -2.26. The van der Waals surface area contributed by atoms with Crippen LogP contribution in [0, 0.1) is 0 Å². The molecule has 0 aromatic carbocycles. The van der Waals surface area contributed by atoms with Crippen LogP contribution in [0.25, 0.3) is 0 Å². The summed E-state index contributed by atoms with van der Waals surface area (Å²) in [5.41, 5.74) is 0.661. The van der Waals surface area contributed by atoms with Crippen LogP contribution in [-0.2, 0) is 23.9 Å². The van der Waals surface area contributed by atoms with Crippen LogP contribution in [0.5, 0.6) is 0 Å². The van der Waals surface area contributed by atoms with Gasteiger partial charge in [0.25, 0.3) is 0 Å². The van der Waals surface area contributed by atoms with Crippen molar-refractivity contribution in [3.8, 4) is 0 Å². The largest absolute Gasteiger partial charge is 0.479 e. The Bertz CT molecular complexity index is 528. The number of aliphatic hydroxyl groups is 1. The highest BCUT2D eigenvalue weighted by atomic mass is 16.6. The molecule has 0 aromatic rings. The maximum atomic E-state index is 11.4. The quantitative estimate of drug-likeness (QED) is 0.503. The number of rotatable bonds is 7. The van der Waals surface area contributed by atoms with Gasteiger partial charge in [0, 0.05) is 18.0 Å². The van der Waals surface area contributed by atoms with E-state index in [1.165, 1.54) is 0 Å². The molecule has 2 aliphatic heterocycles.